The lowest BCUT2D eigenvalue weighted by Crippen LogP contribution is -2.41. The molecule has 0 bridgehead atoms. The zero-order valence-corrected chi connectivity index (χ0v) is 10.9. The van der Waals surface area contributed by atoms with Crippen LogP contribution >= 0.6 is 0 Å². The average molecular weight is 237 g/mol. The van der Waals surface area contributed by atoms with E-state index in [0.29, 0.717) is 11.7 Å². The molecule has 1 aromatic heterocycles. The lowest BCUT2D eigenvalue weighted by atomic mass is 9.75. The van der Waals surface area contributed by atoms with Crippen molar-refractivity contribution in [3.8, 4) is 0 Å². The molecule has 0 atom stereocenters. The van der Waals surface area contributed by atoms with Crippen molar-refractivity contribution in [1.29, 1.82) is 0 Å². The van der Waals surface area contributed by atoms with Crippen LogP contribution in [0.5, 0.6) is 0 Å². The summed E-state index contributed by atoms with van der Waals surface area (Å²) in [6.07, 6.45) is 7.73. The number of nitrogens with zero attached hydrogens (tertiary/aromatic N) is 2. The van der Waals surface area contributed by atoms with Gasteiger partial charge in [0.25, 0.3) is 0 Å². The van der Waals surface area contributed by atoms with E-state index in [2.05, 4.69) is 17.1 Å². The molecule has 1 aliphatic rings. The fourth-order valence-corrected chi connectivity index (χ4v) is 2.71. The summed E-state index contributed by atoms with van der Waals surface area (Å²) in [5.74, 6) is 2.25. The molecule has 0 amide bonds. The molecule has 1 fully saturated rings. The summed E-state index contributed by atoms with van der Waals surface area (Å²) < 4.78 is 5.17. The minimum atomic E-state index is -0.346. The minimum absolute atomic E-state index is 0.346. The largest absolute Gasteiger partial charge is 0.339 e. The highest BCUT2D eigenvalue weighted by molar-refractivity contribution is 5.06. The molecule has 0 radical (unpaired) electrons. The van der Waals surface area contributed by atoms with Gasteiger partial charge in [0.2, 0.25) is 5.89 Å². The number of aromatic nitrogens is 2. The molecule has 4 heteroatoms. The number of aryl methyl sites for hydroxylation is 1. The van der Waals surface area contributed by atoms with Crippen LogP contribution in [0.4, 0.5) is 0 Å². The smallest absolute Gasteiger partial charge is 0.226 e. The highest BCUT2D eigenvalue weighted by Gasteiger charge is 2.36. The van der Waals surface area contributed by atoms with Crippen LogP contribution in [0.25, 0.3) is 0 Å². The van der Waals surface area contributed by atoms with Crippen molar-refractivity contribution in [3.63, 3.8) is 0 Å². The first kappa shape index (κ1) is 12.6. The van der Waals surface area contributed by atoms with Crippen LogP contribution in [0.2, 0.25) is 0 Å². The zero-order chi connectivity index (χ0) is 12.3. The molecular formula is C13H23N3O. The Balaban J connectivity index is 2.01. The van der Waals surface area contributed by atoms with Crippen LogP contribution in [-0.2, 0) is 12.0 Å². The molecule has 0 aliphatic heterocycles. The Morgan fingerprint density at radius 2 is 2.06 bits per heavy atom. The maximum atomic E-state index is 6.42. The molecule has 0 unspecified atom stereocenters. The van der Waals surface area contributed by atoms with Gasteiger partial charge in [-0.25, -0.2) is 0 Å². The van der Waals surface area contributed by atoms with E-state index in [1.165, 1.54) is 25.7 Å². The van der Waals surface area contributed by atoms with E-state index in [1.807, 2.05) is 6.92 Å². The van der Waals surface area contributed by atoms with Gasteiger partial charge >= 0.3 is 0 Å². The van der Waals surface area contributed by atoms with Crippen LogP contribution in [0.1, 0.15) is 64.1 Å². The summed E-state index contributed by atoms with van der Waals surface area (Å²) in [5, 5.41) is 4.04. The van der Waals surface area contributed by atoms with Crippen LogP contribution in [-0.4, -0.2) is 10.1 Å². The Labute approximate surface area is 103 Å². The Hall–Kier alpha value is -0.900. The van der Waals surface area contributed by atoms with Crippen molar-refractivity contribution in [3.05, 3.63) is 11.7 Å². The van der Waals surface area contributed by atoms with Crippen LogP contribution < -0.4 is 5.73 Å². The van der Waals surface area contributed by atoms with Gasteiger partial charge in [-0.1, -0.05) is 31.8 Å². The van der Waals surface area contributed by atoms with E-state index in [4.69, 9.17) is 10.3 Å². The van der Waals surface area contributed by atoms with E-state index < -0.39 is 0 Å². The first-order valence-electron chi connectivity index (χ1n) is 6.80. The third kappa shape index (κ3) is 2.68. The van der Waals surface area contributed by atoms with Crippen LogP contribution in [0, 0.1) is 5.92 Å². The molecule has 17 heavy (non-hydrogen) atoms. The Kier molecular flexibility index (Phi) is 3.82. The van der Waals surface area contributed by atoms with Crippen molar-refractivity contribution < 1.29 is 4.52 Å². The fraction of sp³-hybridized carbons (Fsp3) is 0.846. The third-order valence-corrected chi connectivity index (χ3v) is 3.91. The Morgan fingerprint density at radius 1 is 1.35 bits per heavy atom. The highest BCUT2D eigenvalue weighted by Crippen LogP contribution is 2.37. The second-order valence-electron chi connectivity index (χ2n) is 5.25. The van der Waals surface area contributed by atoms with Gasteiger partial charge in [0.1, 0.15) is 0 Å². The van der Waals surface area contributed by atoms with Gasteiger partial charge in [-0.2, -0.15) is 4.98 Å². The molecule has 2 N–H and O–H groups in total. The molecular weight excluding hydrogens is 214 g/mol. The minimum Gasteiger partial charge on any atom is -0.339 e. The monoisotopic (exact) mass is 237 g/mol. The zero-order valence-electron chi connectivity index (χ0n) is 10.9. The number of rotatable bonds is 4. The standard InChI is InChI=1S/C13H23N3O/c1-3-5-10-6-8-13(14,9-7-10)12-15-11(4-2)17-16-12/h10H,3-9,14H2,1-2H3. The van der Waals surface area contributed by atoms with Gasteiger partial charge < -0.3 is 10.3 Å². The number of hydrogen-bond donors (Lipinski definition) is 1. The van der Waals surface area contributed by atoms with Gasteiger partial charge in [-0.3, -0.25) is 0 Å². The first-order chi connectivity index (χ1) is 8.18. The Morgan fingerprint density at radius 3 is 2.59 bits per heavy atom. The van der Waals surface area contributed by atoms with E-state index in [1.54, 1.807) is 0 Å². The molecule has 96 valence electrons. The van der Waals surface area contributed by atoms with Gasteiger partial charge in [0, 0.05) is 6.42 Å². The SMILES string of the molecule is CCCC1CCC(N)(c2noc(CC)n2)CC1. The van der Waals surface area contributed by atoms with Crippen molar-refractivity contribution >= 4 is 0 Å². The second-order valence-corrected chi connectivity index (χ2v) is 5.25. The normalized spacial score (nSPS) is 29.5. The van der Waals surface area contributed by atoms with E-state index in [0.717, 1.165) is 25.2 Å². The third-order valence-electron chi connectivity index (χ3n) is 3.91. The van der Waals surface area contributed by atoms with E-state index in [9.17, 15) is 0 Å². The summed E-state index contributed by atoms with van der Waals surface area (Å²) in [7, 11) is 0. The summed E-state index contributed by atoms with van der Waals surface area (Å²) >= 11 is 0. The summed E-state index contributed by atoms with van der Waals surface area (Å²) in [4.78, 5) is 4.39. The Bertz CT molecular complexity index is 353. The van der Waals surface area contributed by atoms with Crippen LogP contribution in [0.15, 0.2) is 4.52 Å². The maximum absolute atomic E-state index is 6.42. The molecule has 1 heterocycles. The molecule has 0 spiro atoms. The topological polar surface area (TPSA) is 64.9 Å². The van der Waals surface area contributed by atoms with Crippen molar-refractivity contribution in [2.75, 3.05) is 0 Å². The van der Waals surface area contributed by atoms with E-state index >= 15 is 0 Å². The molecule has 1 aromatic rings. The lowest BCUT2D eigenvalue weighted by Gasteiger charge is -2.34. The van der Waals surface area contributed by atoms with Gasteiger partial charge in [0.05, 0.1) is 5.54 Å². The molecule has 4 nitrogen and oxygen atoms in total. The van der Waals surface area contributed by atoms with Crippen LogP contribution in [0.3, 0.4) is 0 Å². The van der Waals surface area contributed by atoms with Crippen molar-refractivity contribution in [2.45, 2.75) is 64.3 Å². The predicted molar refractivity (Wildman–Crippen MR) is 66.4 cm³/mol. The molecule has 1 saturated carbocycles. The maximum Gasteiger partial charge on any atom is 0.226 e. The summed E-state index contributed by atoms with van der Waals surface area (Å²) in [5.41, 5.74) is 6.08. The summed E-state index contributed by atoms with van der Waals surface area (Å²) in [6.45, 7) is 4.26. The average Bonchev–Trinajstić information content (AvgIpc) is 2.82. The number of hydrogen-bond acceptors (Lipinski definition) is 4. The van der Waals surface area contributed by atoms with Crippen molar-refractivity contribution in [2.24, 2.45) is 11.7 Å². The molecule has 1 aliphatic carbocycles. The first-order valence-corrected chi connectivity index (χ1v) is 6.80. The second kappa shape index (κ2) is 5.17. The fourth-order valence-electron chi connectivity index (χ4n) is 2.71. The van der Waals surface area contributed by atoms with Gasteiger partial charge in [0.15, 0.2) is 5.82 Å². The van der Waals surface area contributed by atoms with Gasteiger partial charge in [-0.05, 0) is 31.6 Å². The predicted octanol–water partition coefficient (Wildman–Crippen LogP) is 2.78. The van der Waals surface area contributed by atoms with Gasteiger partial charge in [-0.15, -0.1) is 0 Å². The quantitative estimate of drug-likeness (QED) is 0.874. The lowest BCUT2D eigenvalue weighted by molar-refractivity contribution is 0.212. The molecule has 0 saturated heterocycles. The van der Waals surface area contributed by atoms with E-state index in [-0.39, 0.29) is 5.54 Å². The highest BCUT2D eigenvalue weighted by atomic mass is 16.5. The van der Waals surface area contributed by atoms with Crippen molar-refractivity contribution in [1.82, 2.24) is 10.1 Å². The molecule has 0 aromatic carbocycles. The number of nitrogens with two attached hydrogens (primary N) is 1. The summed E-state index contributed by atoms with van der Waals surface area (Å²) in [6, 6.07) is 0. The molecule has 2 rings (SSSR count).